The fourth-order valence-corrected chi connectivity index (χ4v) is 4.33. The van der Waals surface area contributed by atoms with E-state index >= 15 is 0 Å². The maximum Gasteiger partial charge on any atom is 0.307 e. The number of unbranched alkanes of at least 4 members (excludes halogenated alkanes) is 3. The molecule has 1 aliphatic rings. The number of carboxylic acid groups (broad SMARTS) is 1. The Bertz CT molecular complexity index is 901. The third-order valence-corrected chi connectivity index (χ3v) is 6.61. The number of allylic oxidation sites excluding steroid dienone is 3. The third-order valence-electron chi connectivity index (χ3n) is 6.61. The lowest BCUT2D eigenvalue weighted by Crippen LogP contribution is -2.34. The summed E-state index contributed by atoms with van der Waals surface area (Å²) in [6, 6.07) is 4.81. The molecule has 0 spiro atoms. The Morgan fingerprint density at radius 3 is 2.32 bits per heavy atom. The number of fused-ring (bicyclic) bond motifs is 1. The van der Waals surface area contributed by atoms with E-state index in [2.05, 4.69) is 58.6 Å². The molecule has 1 aromatic carbocycles. The third kappa shape index (κ3) is 7.13. The zero-order valence-electron chi connectivity index (χ0n) is 20.4. The highest BCUT2D eigenvalue weighted by atomic mass is 16.4. The highest BCUT2D eigenvalue weighted by Gasteiger charge is 2.37. The van der Waals surface area contributed by atoms with E-state index < -0.39 is 5.97 Å². The number of rotatable bonds is 8. The maximum atomic E-state index is 10.7. The number of hydrogen-bond acceptors (Lipinski definition) is 1. The summed E-state index contributed by atoms with van der Waals surface area (Å²) >= 11 is 0. The van der Waals surface area contributed by atoms with Crippen molar-refractivity contribution in [1.82, 2.24) is 0 Å². The Balaban J connectivity index is 2.38. The number of carbonyl (C=O) groups is 1. The quantitative estimate of drug-likeness (QED) is 0.269. The molecule has 0 heterocycles. The maximum absolute atomic E-state index is 10.7. The van der Waals surface area contributed by atoms with Gasteiger partial charge in [0.2, 0.25) is 0 Å². The molecule has 0 bridgehead atoms. The molecule has 2 rings (SSSR count). The van der Waals surface area contributed by atoms with Crippen molar-refractivity contribution >= 4 is 5.97 Å². The zero-order chi connectivity index (χ0) is 23.1. The van der Waals surface area contributed by atoms with Crippen LogP contribution in [-0.2, 0) is 22.0 Å². The van der Waals surface area contributed by atoms with Crippen LogP contribution in [0, 0.1) is 11.8 Å². The van der Waals surface area contributed by atoms with Gasteiger partial charge in [0.05, 0.1) is 6.42 Å². The lowest BCUT2D eigenvalue weighted by atomic mass is 9.62. The van der Waals surface area contributed by atoms with Crippen molar-refractivity contribution in [1.29, 1.82) is 0 Å². The Labute approximate surface area is 189 Å². The number of aryl methyl sites for hydroxylation is 1. The predicted octanol–water partition coefficient (Wildman–Crippen LogP) is 7.49. The molecule has 0 saturated carbocycles. The molecule has 0 aliphatic heterocycles. The molecule has 1 N–H and O–H groups in total. The Morgan fingerprint density at radius 1 is 1.06 bits per heavy atom. The summed E-state index contributed by atoms with van der Waals surface area (Å²) in [5.74, 6) is 5.79. The minimum atomic E-state index is -0.814. The molecule has 31 heavy (non-hydrogen) atoms. The van der Waals surface area contributed by atoms with Crippen LogP contribution < -0.4 is 0 Å². The summed E-state index contributed by atoms with van der Waals surface area (Å²) in [6.45, 7) is 13.6. The second-order valence-corrected chi connectivity index (χ2v) is 10.3. The lowest BCUT2D eigenvalue weighted by molar-refractivity contribution is -0.136. The first-order valence-corrected chi connectivity index (χ1v) is 11.8. The molecule has 1 aromatic rings. The van der Waals surface area contributed by atoms with Crippen molar-refractivity contribution in [3.05, 3.63) is 58.2 Å². The topological polar surface area (TPSA) is 37.3 Å². The second-order valence-electron chi connectivity index (χ2n) is 10.3. The van der Waals surface area contributed by atoms with E-state index in [1.54, 1.807) is 6.08 Å². The van der Waals surface area contributed by atoms with Gasteiger partial charge in [-0.3, -0.25) is 4.79 Å². The smallest absolute Gasteiger partial charge is 0.307 e. The number of aliphatic carboxylic acids is 1. The van der Waals surface area contributed by atoms with E-state index in [0.717, 1.165) is 17.6 Å². The zero-order valence-corrected chi connectivity index (χ0v) is 20.4. The Morgan fingerprint density at radius 2 is 1.71 bits per heavy atom. The standard InChI is InChI=1S/C29H40O2/c1-7-8-9-10-14-23-20-25-26(29(5,6)19-18-28(25,3)4)21-24(23)15-12-11-13-22(2)16-17-27(30)31/h11,13,16,20-21H,7-10,14,17-19H2,1-6H3,(H,30,31)/b13-11+,22-16+. The highest BCUT2D eigenvalue weighted by Crippen LogP contribution is 2.46. The lowest BCUT2D eigenvalue weighted by Gasteiger charge is -2.42. The minimum absolute atomic E-state index is 0.0429. The molecule has 168 valence electrons. The van der Waals surface area contributed by atoms with Crippen LogP contribution in [0.1, 0.15) is 109 Å². The molecule has 2 nitrogen and oxygen atoms in total. The van der Waals surface area contributed by atoms with Crippen molar-refractivity contribution in [3.8, 4) is 11.8 Å². The molecule has 0 unspecified atom stereocenters. The van der Waals surface area contributed by atoms with Crippen LogP contribution in [0.3, 0.4) is 0 Å². The predicted molar refractivity (Wildman–Crippen MR) is 132 cm³/mol. The summed E-state index contributed by atoms with van der Waals surface area (Å²) < 4.78 is 0. The van der Waals surface area contributed by atoms with Crippen molar-refractivity contribution in [3.63, 3.8) is 0 Å². The molecule has 0 aromatic heterocycles. The first kappa shape index (κ1) is 25.0. The fraction of sp³-hybridized carbons (Fsp3) is 0.552. The first-order valence-electron chi connectivity index (χ1n) is 11.8. The molecular weight excluding hydrogens is 380 g/mol. The van der Waals surface area contributed by atoms with Gasteiger partial charge in [-0.1, -0.05) is 89.5 Å². The molecule has 0 amide bonds. The van der Waals surface area contributed by atoms with Crippen molar-refractivity contribution < 1.29 is 9.90 Å². The van der Waals surface area contributed by atoms with Crippen LogP contribution in [0.15, 0.2) is 35.9 Å². The van der Waals surface area contributed by atoms with Gasteiger partial charge in [-0.2, -0.15) is 0 Å². The number of carboxylic acids is 1. The molecule has 0 radical (unpaired) electrons. The van der Waals surface area contributed by atoms with Gasteiger partial charge in [0.15, 0.2) is 0 Å². The van der Waals surface area contributed by atoms with Crippen LogP contribution in [0.4, 0.5) is 0 Å². The van der Waals surface area contributed by atoms with Gasteiger partial charge in [0, 0.05) is 5.56 Å². The summed E-state index contributed by atoms with van der Waals surface area (Å²) in [5, 5.41) is 8.80. The van der Waals surface area contributed by atoms with E-state index in [-0.39, 0.29) is 17.3 Å². The molecular formula is C29H40O2. The van der Waals surface area contributed by atoms with Crippen LogP contribution in [-0.4, -0.2) is 11.1 Å². The number of hydrogen-bond donors (Lipinski definition) is 1. The van der Waals surface area contributed by atoms with E-state index in [1.165, 1.54) is 55.2 Å². The summed E-state index contributed by atoms with van der Waals surface area (Å²) in [5.41, 5.74) is 6.78. The Kier molecular flexibility index (Phi) is 8.75. The summed E-state index contributed by atoms with van der Waals surface area (Å²) in [4.78, 5) is 10.7. The molecule has 2 heteroatoms. The van der Waals surface area contributed by atoms with Crippen LogP contribution in [0.2, 0.25) is 0 Å². The highest BCUT2D eigenvalue weighted by molar-refractivity contribution is 5.68. The summed E-state index contributed by atoms with van der Waals surface area (Å²) in [7, 11) is 0. The monoisotopic (exact) mass is 420 g/mol. The first-order chi connectivity index (χ1) is 14.6. The summed E-state index contributed by atoms with van der Waals surface area (Å²) in [6.07, 6.45) is 14.0. The van der Waals surface area contributed by atoms with E-state index in [1.807, 2.05) is 19.1 Å². The fourth-order valence-electron chi connectivity index (χ4n) is 4.33. The van der Waals surface area contributed by atoms with E-state index in [9.17, 15) is 4.79 Å². The van der Waals surface area contributed by atoms with Crippen LogP contribution >= 0.6 is 0 Å². The number of benzene rings is 1. The molecule has 0 fully saturated rings. The normalized spacial score (nSPS) is 17.2. The van der Waals surface area contributed by atoms with Crippen molar-refractivity contribution in [2.45, 2.75) is 104 Å². The van der Waals surface area contributed by atoms with Crippen molar-refractivity contribution in [2.75, 3.05) is 0 Å². The average molecular weight is 421 g/mol. The SMILES string of the molecule is CCCCCCc1cc2c(cc1C#C/C=C/C(C)=C/CC(=O)O)C(C)(C)CCC2(C)C. The van der Waals surface area contributed by atoms with Gasteiger partial charge < -0.3 is 5.11 Å². The van der Waals surface area contributed by atoms with Crippen LogP contribution in [0.25, 0.3) is 0 Å². The van der Waals surface area contributed by atoms with Crippen LogP contribution in [0.5, 0.6) is 0 Å². The van der Waals surface area contributed by atoms with Gasteiger partial charge in [-0.15, -0.1) is 0 Å². The van der Waals surface area contributed by atoms with Crippen molar-refractivity contribution in [2.24, 2.45) is 0 Å². The second kappa shape index (κ2) is 10.9. The van der Waals surface area contributed by atoms with E-state index in [0.29, 0.717) is 0 Å². The molecule has 1 aliphatic carbocycles. The van der Waals surface area contributed by atoms with Gasteiger partial charge in [-0.25, -0.2) is 0 Å². The van der Waals surface area contributed by atoms with Gasteiger partial charge in [0.25, 0.3) is 0 Å². The van der Waals surface area contributed by atoms with Gasteiger partial charge in [-0.05, 0) is 72.3 Å². The average Bonchev–Trinajstić information content (AvgIpc) is 2.70. The molecule has 0 saturated heterocycles. The largest absolute Gasteiger partial charge is 0.481 e. The molecule has 0 atom stereocenters. The van der Waals surface area contributed by atoms with E-state index in [4.69, 9.17) is 5.11 Å². The minimum Gasteiger partial charge on any atom is -0.481 e. The van der Waals surface area contributed by atoms with Gasteiger partial charge >= 0.3 is 5.97 Å². The Hall–Kier alpha value is -2.27. The van der Waals surface area contributed by atoms with Gasteiger partial charge in [0.1, 0.15) is 0 Å².